The van der Waals surface area contributed by atoms with Crippen molar-refractivity contribution in [2.45, 2.75) is 25.4 Å². The smallest absolute Gasteiger partial charge is 0.127 e. The van der Waals surface area contributed by atoms with Crippen molar-refractivity contribution in [2.24, 2.45) is 5.73 Å². The Morgan fingerprint density at radius 3 is 2.72 bits per heavy atom. The van der Waals surface area contributed by atoms with E-state index in [4.69, 9.17) is 10.5 Å². The maximum Gasteiger partial charge on any atom is 0.127 e. The van der Waals surface area contributed by atoms with Gasteiger partial charge in [0.25, 0.3) is 0 Å². The Balaban J connectivity index is 2.60. The molecule has 2 N–H and O–H groups in total. The quantitative estimate of drug-likeness (QED) is 0.771. The highest BCUT2D eigenvalue weighted by molar-refractivity contribution is 5.17. The molecule has 18 heavy (non-hydrogen) atoms. The van der Waals surface area contributed by atoms with Gasteiger partial charge in [0.05, 0.1) is 6.61 Å². The molecule has 0 spiro atoms. The van der Waals surface area contributed by atoms with Gasteiger partial charge in [0.1, 0.15) is 5.82 Å². The van der Waals surface area contributed by atoms with Crippen LogP contribution in [0.15, 0.2) is 24.3 Å². The van der Waals surface area contributed by atoms with Crippen molar-refractivity contribution < 1.29 is 9.13 Å². The highest BCUT2D eigenvalue weighted by Crippen LogP contribution is 2.13. The molecule has 102 valence electrons. The van der Waals surface area contributed by atoms with Gasteiger partial charge in [-0.3, -0.25) is 4.90 Å². The minimum atomic E-state index is -0.153. The van der Waals surface area contributed by atoms with E-state index in [9.17, 15) is 4.39 Å². The molecule has 0 fully saturated rings. The zero-order valence-electron chi connectivity index (χ0n) is 11.2. The number of benzene rings is 1. The fourth-order valence-corrected chi connectivity index (χ4v) is 2.00. The third kappa shape index (κ3) is 4.72. The molecule has 3 nitrogen and oxygen atoms in total. The first kappa shape index (κ1) is 15.1. The molecule has 0 saturated carbocycles. The Kier molecular flexibility index (Phi) is 6.86. The number of hydrogen-bond donors (Lipinski definition) is 1. The zero-order valence-corrected chi connectivity index (χ0v) is 11.2. The summed E-state index contributed by atoms with van der Waals surface area (Å²) in [7, 11) is 3.68. The van der Waals surface area contributed by atoms with Crippen molar-refractivity contribution >= 4 is 0 Å². The number of rotatable bonds is 8. The topological polar surface area (TPSA) is 38.5 Å². The van der Waals surface area contributed by atoms with Crippen molar-refractivity contribution in [3.63, 3.8) is 0 Å². The summed E-state index contributed by atoms with van der Waals surface area (Å²) in [6.45, 7) is 1.91. The summed E-state index contributed by atoms with van der Waals surface area (Å²) >= 11 is 0. The molecule has 0 aliphatic carbocycles. The van der Waals surface area contributed by atoms with Crippen LogP contribution in [-0.2, 0) is 11.3 Å². The van der Waals surface area contributed by atoms with Gasteiger partial charge in [0.15, 0.2) is 0 Å². The van der Waals surface area contributed by atoms with Crippen LogP contribution in [-0.4, -0.2) is 38.3 Å². The number of ether oxygens (including phenoxy) is 1. The second kappa shape index (κ2) is 8.19. The van der Waals surface area contributed by atoms with E-state index >= 15 is 0 Å². The third-order valence-corrected chi connectivity index (χ3v) is 3.10. The Labute approximate surface area is 109 Å². The van der Waals surface area contributed by atoms with Gasteiger partial charge in [-0.1, -0.05) is 18.2 Å². The van der Waals surface area contributed by atoms with Crippen molar-refractivity contribution in [1.29, 1.82) is 0 Å². The molecule has 1 atom stereocenters. The minimum absolute atomic E-state index is 0.153. The van der Waals surface area contributed by atoms with E-state index < -0.39 is 0 Å². The number of nitrogens with zero attached hydrogens (tertiary/aromatic N) is 1. The first-order valence-electron chi connectivity index (χ1n) is 6.31. The largest absolute Gasteiger partial charge is 0.383 e. The highest BCUT2D eigenvalue weighted by atomic mass is 19.1. The van der Waals surface area contributed by atoms with Gasteiger partial charge in [-0.2, -0.15) is 0 Å². The van der Waals surface area contributed by atoms with Crippen molar-refractivity contribution in [3.05, 3.63) is 35.6 Å². The normalized spacial score (nSPS) is 12.9. The Bertz CT molecular complexity index is 346. The van der Waals surface area contributed by atoms with Crippen LogP contribution in [0.5, 0.6) is 0 Å². The summed E-state index contributed by atoms with van der Waals surface area (Å²) in [5.74, 6) is -0.153. The monoisotopic (exact) mass is 254 g/mol. The van der Waals surface area contributed by atoms with Crippen LogP contribution in [0, 0.1) is 5.82 Å². The summed E-state index contributed by atoms with van der Waals surface area (Å²) in [5, 5.41) is 0. The molecule has 0 amide bonds. The van der Waals surface area contributed by atoms with Crippen LogP contribution in [0.25, 0.3) is 0 Å². The van der Waals surface area contributed by atoms with Gasteiger partial charge < -0.3 is 10.5 Å². The number of methoxy groups -OCH3 is 1. The van der Waals surface area contributed by atoms with Crippen LogP contribution < -0.4 is 5.73 Å². The molecular formula is C14H23FN2O. The summed E-state index contributed by atoms with van der Waals surface area (Å²) in [6, 6.07) is 7.16. The summed E-state index contributed by atoms with van der Waals surface area (Å²) in [4.78, 5) is 2.12. The molecule has 1 aromatic carbocycles. The molecule has 0 bridgehead atoms. The fraction of sp³-hybridized carbons (Fsp3) is 0.571. The summed E-state index contributed by atoms with van der Waals surface area (Å²) in [5.41, 5.74) is 6.25. The lowest BCUT2D eigenvalue weighted by Gasteiger charge is -2.27. The van der Waals surface area contributed by atoms with Crippen LogP contribution in [0.2, 0.25) is 0 Å². The SMILES string of the molecule is COCC(CCCN)N(C)Cc1ccccc1F. The zero-order chi connectivity index (χ0) is 13.4. The molecule has 0 aliphatic heterocycles. The second-order valence-electron chi connectivity index (χ2n) is 4.55. The van der Waals surface area contributed by atoms with E-state index in [1.54, 1.807) is 13.2 Å². The van der Waals surface area contributed by atoms with Gasteiger partial charge in [-0.05, 0) is 32.5 Å². The van der Waals surface area contributed by atoms with Gasteiger partial charge in [0, 0.05) is 25.3 Å². The number of hydrogen-bond acceptors (Lipinski definition) is 3. The van der Waals surface area contributed by atoms with Crippen molar-refractivity contribution in [3.8, 4) is 0 Å². The van der Waals surface area contributed by atoms with Crippen LogP contribution in [0.1, 0.15) is 18.4 Å². The Hall–Kier alpha value is -0.970. The third-order valence-electron chi connectivity index (χ3n) is 3.10. The molecular weight excluding hydrogens is 231 g/mol. The first-order chi connectivity index (χ1) is 8.69. The lowest BCUT2D eigenvalue weighted by Crippen LogP contribution is -2.35. The van der Waals surface area contributed by atoms with E-state index in [0.29, 0.717) is 25.3 Å². The standard InChI is InChI=1S/C14H23FN2O/c1-17(13(11-18-2)7-5-9-16)10-12-6-3-4-8-14(12)15/h3-4,6,8,13H,5,7,9-11,16H2,1-2H3. The van der Waals surface area contributed by atoms with Crippen molar-refractivity contribution in [2.75, 3.05) is 27.3 Å². The molecule has 4 heteroatoms. The maximum atomic E-state index is 13.6. The first-order valence-corrected chi connectivity index (χ1v) is 6.31. The van der Waals surface area contributed by atoms with Gasteiger partial charge >= 0.3 is 0 Å². The number of nitrogens with two attached hydrogens (primary N) is 1. The molecule has 1 aromatic rings. The Morgan fingerprint density at radius 2 is 2.11 bits per heavy atom. The lowest BCUT2D eigenvalue weighted by molar-refractivity contribution is 0.0956. The van der Waals surface area contributed by atoms with E-state index in [0.717, 1.165) is 12.8 Å². The molecule has 0 saturated heterocycles. The molecule has 0 aliphatic rings. The van der Waals surface area contributed by atoms with Crippen LogP contribution in [0.3, 0.4) is 0 Å². The van der Waals surface area contributed by atoms with E-state index in [1.807, 2.05) is 19.2 Å². The van der Waals surface area contributed by atoms with Crippen molar-refractivity contribution in [1.82, 2.24) is 4.90 Å². The van der Waals surface area contributed by atoms with Crippen LogP contribution >= 0.6 is 0 Å². The molecule has 1 rings (SSSR count). The molecule has 1 unspecified atom stereocenters. The van der Waals surface area contributed by atoms with Gasteiger partial charge in [0.2, 0.25) is 0 Å². The van der Waals surface area contributed by atoms with E-state index in [-0.39, 0.29) is 11.9 Å². The average Bonchev–Trinajstić information content (AvgIpc) is 2.37. The van der Waals surface area contributed by atoms with E-state index in [1.165, 1.54) is 6.07 Å². The lowest BCUT2D eigenvalue weighted by atomic mass is 10.1. The summed E-state index contributed by atoms with van der Waals surface area (Å²) < 4.78 is 18.8. The second-order valence-corrected chi connectivity index (χ2v) is 4.55. The summed E-state index contributed by atoms with van der Waals surface area (Å²) in [6.07, 6.45) is 1.92. The highest BCUT2D eigenvalue weighted by Gasteiger charge is 2.15. The molecule has 0 aromatic heterocycles. The minimum Gasteiger partial charge on any atom is -0.383 e. The van der Waals surface area contributed by atoms with E-state index in [2.05, 4.69) is 4.90 Å². The number of halogens is 1. The average molecular weight is 254 g/mol. The van der Waals surface area contributed by atoms with Crippen LogP contribution in [0.4, 0.5) is 4.39 Å². The maximum absolute atomic E-state index is 13.6. The molecule has 0 heterocycles. The predicted octanol–water partition coefficient (Wildman–Crippen LogP) is 2.01. The van der Waals surface area contributed by atoms with Gasteiger partial charge in [-0.25, -0.2) is 4.39 Å². The fourth-order valence-electron chi connectivity index (χ4n) is 2.00. The predicted molar refractivity (Wildman–Crippen MR) is 71.8 cm³/mol. The number of likely N-dealkylation sites (N-methyl/N-ethyl adjacent to an activating group) is 1. The van der Waals surface area contributed by atoms with Gasteiger partial charge in [-0.15, -0.1) is 0 Å². The Morgan fingerprint density at radius 1 is 1.39 bits per heavy atom. The molecule has 0 radical (unpaired) electrons.